The van der Waals surface area contributed by atoms with Crippen LogP contribution in [0.2, 0.25) is 0 Å². The molecule has 114 valence electrons. The van der Waals surface area contributed by atoms with E-state index in [4.69, 9.17) is 5.11 Å². The number of hydrogen-bond donors (Lipinski definition) is 1. The Kier molecular flexibility index (Phi) is 5.67. The summed E-state index contributed by atoms with van der Waals surface area (Å²) in [6, 6.07) is 10.1. The Morgan fingerprint density at radius 2 is 2.00 bits per heavy atom. The monoisotopic (exact) mass is 307 g/mol. The zero-order valence-corrected chi connectivity index (χ0v) is 13.0. The summed E-state index contributed by atoms with van der Waals surface area (Å²) in [5, 5.41) is 9.08. The fraction of sp³-hybridized carbons (Fsp3) is 0.500. The minimum Gasteiger partial charge on any atom is -0.481 e. The largest absolute Gasteiger partial charge is 0.481 e. The first-order valence-electron chi connectivity index (χ1n) is 7.26. The molecule has 1 saturated heterocycles. The lowest BCUT2D eigenvalue weighted by Crippen LogP contribution is -2.29. The number of hydrogen-bond acceptors (Lipinski definition) is 3. The number of carbonyl (C=O) groups excluding carboxylic acids is 1. The number of aliphatic carboxylic acids is 1. The SMILES string of the molecule is C[C@@H]1CN(C(=O)CCCSc2ccccc2)C[C@H]1C(=O)O. The van der Waals surface area contributed by atoms with E-state index >= 15 is 0 Å². The van der Waals surface area contributed by atoms with Gasteiger partial charge in [0.05, 0.1) is 5.92 Å². The highest BCUT2D eigenvalue weighted by molar-refractivity contribution is 7.99. The maximum Gasteiger partial charge on any atom is 0.308 e. The van der Waals surface area contributed by atoms with E-state index in [1.54, 1.807) is 16.7 Å². The number of carboxylic acids is 1. The molecule has 0 saturated carbocycles. The fourth-order valence-corrected chi connectivity index (χ4v) is 3.45. The summed E-state index contributed by atoms with van der Waals surface area (Å²) in [5.41, 5.74) is 0. The highest BCUT2D eigenvalue weighted by Gasteiger charge is 2.36. The minimum absolute atomic E-state index is 0.0464. The van der Waals surface area contributed by atoms with Gasteiger partial charge in [0.1, 0.15) is 0 Å². The zero-order valence-electron chi connectivity index (χ0n) is 12.2. The van der Waals surface area contributed by atoms with Crippen molar-refractivity contribution in [3.63, 3.8) is 0 Å². The van der Waals surface area contributed by atoms with Crippen LogP contribution in [0.4, 0.5) is 0 Å². The molecule has 1 aromatic carbocycles. The van der Waals surface area contributed by atoms with Crippen LogP contribution in [0, 0.1) is 11.8 Å². The molecule has 0 aliphatic carbocycles. The van der Waals surface area contributed by atoms with Crippen molar-refractivity contribution in [2.24, 2.45) is 11.8 Å². The Hall–Kier alpha value is -1.49. The number of thioether (sulfide) groups is 1. The highest BCUT2D eigenvalue weighted by atomic mass is 32.2. The van der Waals surface area contributed by atoms with Crippen molar-refractivity contribution in [2.75, 3.05) is 18.8 Å². The van der Waals surface area contributed by atoms with Crippen molar-refractivity contribution in [3.05, 3.63) is 30.3 Å². The van der Waals surface area contributed by atoms with Crippen molar-refractivity contribution < 1.29 is 14.7 Å². The van der Waals surface area contributed by atoms with Gasteiger partial charge in [-0.1, -0.05) is 25.1 Å². The fourth-order valence-electron chi connectivity index (χ4n) is 2.58. The van der Waals surface area contributed by atoms with Crippen molar-refractivity contribution in [3.8, 4) is 0 Å². The van der Waals surface area contributed by atoms with E-state index < -0.39 is 11.9 Å². The van der Waals surface area contributed by atoms with Gasteiger partial charge >= 0.3 is 5.97 Å². The molecule has 0 unspecified atom stereocenters. The first-order valence-corrected chi connectivity index (χ1v) is 8.25. The van der Waals surface area contributed by atoms with Crippen molar-refractivity contribution in [2.45, 2.75) is 24.7 Å². The van der Waals surface area contributed by atoms with Gasteiger partial charge in [0.25, 0.3) is 0 Å². The second-order valence-corrected chi connectivity index (χ2v) is 6.65. The Balaban J connectivity index is 1.69. The predicted molar refractivity (Wildman–Crippen MR) is 83.3 cm³/mol. The summed E-state index contributed by atoms with van der Waals surface area (Å²) in [4.78, 5) is 26.1. The standard InChI is InChI=1S/C16H21NO3S/c1-12-10-17(11-14(12)16(19)20)15(18)8-5-9-21-13-6-3-2-4-7-13/h2-4,6-7,12,14H,5,8-11H2,1H3,(H,19,20)/t12-,14-/m1/s1. The van der Waals surface area contributed by atoms with Gasteiger partial charge in [-0.25, -0.2) is 0 Å². The van der Waals surface area contributed by atoms with E-state index in [-0.39, 0.29) is 11.8 Å². The van der Waals surface area contributed by atoms with Crippen LogP contribution in [-0.2, 0) is 9.59 Å². The van der Waals surface area contributed by atoms with Gasteiger partial charge in [0, 0.05) is 24.4 Å². The lowest BCUT2D eigenvalue weighted by molar-refractivity contribution is -0.142. The Morgan fingerprint density at radius 3 is 2.62 bits per heavy atom. The van der Waals surface area contributed by atoms with Crippen molar-refractivity contribution in [1.29, 1.82) is 0 Å². The summed E-state index contributed by atoms with van der Waals surface area (Å²) in [5.74, 6) is -0.170. The van der Waals surface area contributed by atoms with Gasteiger partial charge in [0.15, 0.2) is 0 Å². The first kappa shape index (κ1) is 15.9. The van der Waals surface area contributed by atoms with E-state index in [2.05, 4.69) is 12.1 Å². The number of amides is 1. The number of nitrogens with zero attached hydrogens (tertiary/aromatic N) is 1. The maximum atomic E-state index is 12.1. The molecule has 1 fully saturated rings. The first-order chi connectivity index (χ1) is 10.1. The van der Waals surface area contributed by atoms with Gasteiger partial charge < -0.3 is 10.0 Å². The molecular formula is C16H21NO3S. The van der Waals surface area contributed by atoms with E-state index in [1.165, 1.54) is 4.90 Å². The predicted octanol–water partition coefficient (Wildman–Crippen LogP) is 2.74. The number of rotatable bonds is 6. The topological polar surface area (TPSA) is 57.6 Å². The molecule has 0 bridgehead atoms. The van der Waals surface area contributed by atoms with E-state index in [0.717, 1.165) is 12.2 Å². The van der Waals surface area contributed by atoms with Crippen LogP contribution in [0.15, 0.2) is 35.2 Å². The Morgan fingerprint density at radius 1 is 1.29 bits per heavy atom. The molecule has 0 radical (unpaired) electrons. The molecular weight excluding hydrogens is 286 g/mol. The van der Waals surface area contributed by atoms with E-state index in [0.29, 0.717) is 19.5 Å². The van der Waals surface area contributed by atoms with Gasteiger partial charge in [0.2, 0.25) is 5.91 Å². The van der Waals surface area contributed by atoms with Crippen LogP contribution >= 0.6 is 11.8 Å². The Labute approximate surface area is 129 Å². The molecule has 5 heteroatoms. The molecule has 21 heavy (non-hydrogen) atoms. The average molecular weight is 307 g/mol. The third-order valence-electron chi connectivity index (χ3n) is 3.83. The second kappa shape index (κ2) is 7.50. The number of benzene rings is 1. The lowest BCUT2D eigenvalue weighted by Gasteiger charge is -2.15. The molecule has 2 atom stereocenters. The molecule has 0 spiro atoms. The highest BCUT2D eigenvalue weighted by Crippen LogP contribution is 2.24. The molecule has 0 aromatic heterocycles. The third-order valence-corrected chi connectivity index (χ3v) is 4.93. The van der Waals surface area contributed by atoms with E-state index in [9.17, 15) is 9.59 Å². The third kappa shape index (κ3) is 4.49. The summed E-state index contributed by atoms with van der Waals surface area (Å²) < 4.78 is 0. The van der Waals surface area contributed by atoms with Crippen LogP contribution in [0.5, 0.6) is 0 Å². The molecule has 1 amide bonds. The smallest absolute Gasteiger partial charge is 0.308 e. The zero-order chi connectivity index (χ0) is 15.2. The van der Waals surface area contributed by atoms with Crippen LogP contribution in [-0.4, -0.2) is 40.7 Å². The molecule has 1 heterocycles. The Bertz CT molecular complexity index is 492. The summed E-state index contributed by atoms with van der Waals surface area (Å²) >= 11 is 1.75. The molecule has 1 aromatic rings. The van der Waals surface area contributed by atoms with Crippen LogP contribution < -0.4 is 0 Å². The molecule has 1 N–H and O–H groups in total. The molecule has 1 aliphatic heterocycles. The second-order valence-electron chi connectivity index (χ2n) is 5.49. The molecule has 4 nitrogen and oxygen atoms in total. The van der Waals surface area contributed by atoms with Crippen LogP contribution in [0.1, 0.15) is 19.8 Å². The number of likely N-dealkylation sites (tertiary alicyclic amines) is 1. The van der Waals surface area contributed by atoms with Crippen LogP contribution in [0.3, 0.4) is 0 Å². The van der Waals surface area contributed by atoms with E-state index in [1.807, 2.05) is 25.1 Å². The summed E-state index contributed by atoms with van der Waals surface area (Å²) in [6.07, 6.45) is 1.32. The van der Waals surface area contributed by atoms with Crippen LogP contribution in [0.25, 0.3) is 0 Å². The summed E-state index contributed by atoms with van der Waals surface area (Å²) in [7, 11) is 0. The summed E-state index contributed by atoms with van der Waals surface area (Å²) in [6.45, 7) is 2.83. The van der Waals surface area contributed by atoms with Gasteiger partial charge in [-0.15, -0.1) is 11.8 Å². The number of carboxylic acid groups (broad SMARTS) is 1. The average Bonchev–Trinajstić information content (AvgIpc) is 2.87. The molecule has 2 rings (SSSR count). The van der Waals surface area contributed by atoms with Crippen molar-refractivity contribution in [1.82, 2.24) is 4.90 Å². The van der Waals surface area contributed by atoms with Gasteiger partial charge in [-0.3, -0.25) is 9.59 Å². The minimum atomic E-state index is -0.794. The van der Waals surface area contributed by atoms with Gasteiger partial charge in [-0.05, 0) is 30.2 Å². The van der Waals surface area contributed by atoms with Crippen molar-refractivity contribution >= 4 is 23.6 Å². The maximum absolute atomic E-state index is 12.1. The lowest BCUT2D eigenvalue weighted by atomic mass is 9.99. The molecule has 1 aliphatic rings. The van der Waals surface area contributed by atoms with Gasteiger partial charge in [-0.2, -0.15) is 0 Å². The quantitative estimate of drug-likeness (QED) is 0.648. The number of carbonyl (C=O) groups is 2. The normalized spacial score (nSPS) is 21.5.